The molecular formula is C17H24N2O6S. The summed E-state index contributed by atoms with van der Waals surface area (Å²) in [5.41, 5.74) is 0.894. The lowest BCUT2D eigenvalue weighted by Crippen LogP contribution is -2.31. The maximum atomic E-state index is 11.9. The van der Waals surface area contributed by atoms with Crippen LogP contribution in [0.1, 0.15) is 31.2 Å². The van der Waals surface area contributed by atoms with Crippen LogP contribution in [-0.4, -0.2) is 55.2 Å². The fraction of sp³-hybridized carbons (Fsp3) is 0.529. The number of carboxylic acid groups (broad SMARTS) is 1. The van der Waals surface area contributed by atoms with E-state index in [1.54, 1.807) is 12.1 Å². The van der Waals surface area contributed by atoms with Gasteiger partial charge in [-0.25, -0.2) is 12.7 Å². The molecule has 1 aliphatic rings. The summed E-state index contributed by atoms with van der Waals surface area (Å²) >= 11 is 0. The molecule has 144 valence electrons. The van der Waals surface area contributed by atoms with Crippen molar-refractivity contribution in [3.8, 4) is 5.75 Å². The first-order valence-corrected chi connectivity index (χ1v) is 10.2. The van der Waals surface area contributed by atoms with Crippen molar-refractivity contribution in [2.45, 2.75) is 32.2 Å². The molecule has 1 fully saturated rings. The summed E-state index contributed by atoms with van der Waals surface area (Å²) in [6, 6.07) is 7.16. The third kappa shape index (κ3) is 6.64. The van der Waals surface area contributed by atoms with Crippen LogP contribution in [0.5, 0.6) is 5.75 Å². The maximum absolute atomic E-state index is 11.9. The van der Waals surface area contributed by atoms with Gasteiger partial charge in [-0.15, -0.1) is 0 Å². The second kappa shape index (κ2) is 9.54. The molecule has 0 radical (unpaired) electrons. The van der Waals surface area contributed by atoms with E-state index in [-0.39, 0.29) is 31.0 Å². The molecule has 1 aromatic rings. The van der Waals surface area contributed by atoms with Crippen LogP contribution in [-0.2, 0) is 26.2 Å². The van der Waals surface area contributed by atoms with Gasteiger partial charge in [0.15, 0.2) is 0 Å². The number of carbonyl (C=O) groups is 2. The molecule has 2 N–H and O–H groups in total. The number of nitrogens with one attached hydrogen (secondary N) is 1. The summed E-state index contributed by atoms with van der Waals surface area (Å²) in [7, 11) is -3.16. The van der Waals surface area contributed by atoms with Crippen LogP contribution in [0, 0.1) is 0 Å². The van der Waals surface area contributed by atoms with Gasteiger partial charge in [0.2, 0.25) is 15.9 Å². The van der Waals surface area contributed by atoms with Crippen LogP contribution >= 0.6 is 0 Å². The van der Waals surface area contributed by atoms with Crippen molar-refractivity contribution in [3.63, 3.8) is 0 Å². The summed E-state index contributed by atoms with van der Waals surface area (Å²) in [4.78, 5) is 22.3. The molecule has 0 unspecified atom stereocenters. The minimum Gasteiger partial charge on any atom is -0.494 e. The summed E-state index contributed by atoms with van der Waals surface area (Å²) in [6.07, 6.45) is 1.28. The highest BCUT2D eigenvalue weighted by Crippen LogP contribution is 2.14. The Bertz CT molecular complexity index is 717. The Morgan fingerprint density at radius 3 is 2.54 bits per heavy atom. The molecule has 2 rings (SSSR count). The zero-order chi connectivity index (χ0) is 19.0. The Morgan fingerprint density at radius 1 is 1.19 bits per heavy atom. The molecule has 0 atom stereocenters. The fourth-order valence-electron chi connectivity index (χ4n) is 2.57. The van der Waals surface area contributed by atoms with Crippen LogP contribution < -0.4 is 10.1 Å². The average Bonchev–Trinajstić information content (AvgIpc) is 2.94. The molecule has 1 saturated heterocycles. The zero-order valence-corrected chi connectivity index (χ0v) is 15.3. The number of hydrogen-bond donors (Lipinski definition) is 2. The Labute approximate surface area is 153 Å². The molecule has 1 heterocycles. The van der Waals surface area contributed by atoms with E-state index in [2.05, 4.69) is 5.32 Å². The van der Waals surface area contributed by atoms with Crippen molar-refractivity contribution in [3.05, 3.63) is 29.8 Å². The number of carbonyl (C=O) groups excluding carboxylic acids is 1. The Hall–Kier alpha value is -2.13. The number of nitrogens with zero attached hydrogens (tertiary/aromatic N) is 1. The van der Waals surface area contributed by atoms with E-state index in [4.69, 9.17) is 9.84 Å². The van der Waals surface area contributed by atoms with Gasteiger partial charge in [-0.3, -0.25) is 9.59 Å². The number of aliphatic carboxylic acids is 1. The van der Waals surface area contributed by atoms with Gasteiger partial charge in [-0.2, -0.15) is 0 Å². The van der Waals surface area contributed by atoms with Gasteiger partial charge in [0.05, 0.1) is 12.4 Å². The van der Waals surface area contributed by atoms with Crippen LogP contribution in [0.3, 0.4) is 0 Å². The quantitative estimate of drug-likeness (QED) is 0.581. The second-order valence-electron chi connectivity index (χ2n) is 6.09. The second-order valence-corrected chi connectivity index (χ2v) is 8.17. The SMILES string of the molecule is O=C(O)CCCOc1ccc(CNC(=O)CCN2CCCS2(=O)=O)cc1. The Morgan fingerprint density at radius 2 is 1.92 bits per heavy atom. The van der Waals surface area contributed by atoms with E-state index in [9.17, 15) is 18.0 Å². The molecule has 26 heavy (non-hydrogen) atoms. The molecule has 0 aliphatic carbocycles. The highest BCUT2D eigenvalue weighted by atomic mass is 32.2. The van der Waals surface area contributed by atoms with Gasteiger partial charge in [0.25, 0.3) is 0 Å². The van der Waals surface area contributed by atoms with Gasteiger partial charge in [0.1, 0.15) is 5.75 Å². The molecule has 8 nitrogen and oxygen atoms in total. The molecule has 1 aliphatic heterocycles. The standard InChI is InChI=1S/C17H24N2O6S/c20-16(8-10-19-9-2-12-26(19,23)24)18-13-14-4-6-15(7-5-14)25-11-1-3-17(21)22/h4-7H,1-3,8-13H2,(H,18,20)(H,21,22). The maximum Gasteiger partial charge on any atom is 0.303 e. The molecule has 0 aromatic heterocycles. The Balaban J connectivity index is 1.67. The lowest BCUT2D eigenvalue weighted by molar-refractivity contribution is -0.137. The third-order valence-corrected chi connectivity index (χ3v) is 5.96. The molecule has 0 saturated carbocycles. The number of carboxylic acids is 1. The summed E-state index contributed by atoms with van der Waals surface area (Å²) in [5, 5.41) is 11.3. The number of hydrogen-bond acceptors (Lipinski definition) is 5. The Kier molecular flexibility index (Phi) is 7.40. The normalized spacial score (nSPS) is 16.3. The minimum atomic E-state index is -3.16. The van der Waals surface area contributed by atoms with Crippen molar-refractivity contribution in [1.82, 2.24) is 9.62 Å². The van der Waals surface area contributed by atoms with E-state index >= 15 is 0 Å². The number of ether oxygens (including phenoxy) is 1. The fourth-order valence-corrected chi connectivity index (χ4v) is 4.10. The van der Waals surface area contributed by atoms with Crippen molar-refractivity contribution in [1.29, 1.82) is 0 Å². The highest BCUT2D eigenvalue weighted by Gasteiger charge is 2.27. The van der Waals surface area contributed by atoms with Crippen LogP contribution in [0.25, 0.3) is 0 Å². The smallest absolute Gasteiger partial charge is 0.303 e. The average molecular weight is 384 g/mol. The van der Waals surface area contributed by atoms with Crippen molar-refractivity contribution in [2.75, 3.05) is 25.4 Å². The number of sulfonamides is 1. The summed E-state index contributed by atoms with van der Waals surface area (Å²) in [6.45, 7) is 1.40. The molecular weight excluding hydrogens is 360 g/mol. The van der Waals surface area contributed by atoms with Gasteiger partial charge in [-0.05, 0) is 30.5 Å². The van der Waals surface area contributed by atoms with E-state index < -0.39 is 16.0 Å². The van der Waals surface area contributed by atoms with Crippen molar-refractivity contribution >= 4 is 21.9 Å². The number of amides is 1. The topological polar surface area (TPSA) is 113 Å². The van der Waals surface area contributed by atoms with Crippen molar-refractivity contribution < 1.29 is 27.9 Å². The first kappa shape index (κ1) is 20.2. The summed E-state index contributed by atoms with van der Waals surface area (Å²) in [5.74, 6) is -0.230. The predicted molar refractivity (Wildman–Crippen MR) is 95.2 cm³/mol. The van der Waals surface area contributed by atoms with E-state index in [1.165, 1.54) is 4.31 Å². The third-order valence-electron chi connectivity index (χ3n) is 4.01. The minimum absolute atomic E-state index is 0.0723. The lowest BCUT2D eigenvalue weighted by atomic mass is 10.2. The molecule has 1 aromatic carbocycles. The lowest BCUT2D eigenvalue weighted by Gasteiger charge is -2.13. The van der Waals surface area contributed by atoms with Crippen LogP contribution in [0.4, 0.5) is 0 Å². The van der Waals surface area contributed by atoms with Crippen LogP contribution in [0.2, 0.25) is 0 Å². The number of benzene rings is 1. The largest absolute Gasteiger partial charge is 0.494 e. The van der Waals surface area contributed by atoms with Gasteiger partial charge >= 0.3 is 5.97 Å². The monoisotopic (exact) mass is 384 g/mol. The first-order chi connectivity index (χ1) is 12.4. The van der Waals surface area contributed by atoms with Gasteiger partial charge < -0.3 is 15.2 Å². The molecule has 0 spiro atoms. The first-order valence-electron chi connectivity index (χ1n) is 8.55. The molecule has 0 bridgehead atoms. The van der Waals surface area contributed by atoms with E-state index in [1.807, 2.05) is 12.1 Å². The highest BCUT2D eigenvalue weighted by molar-refractivity contribution is 7.89. The predicted octanol–water partition coefficient (Wildman–Crippen LogP) is 0.972. The van der Waals surface area contributed by atoms with Gasteiger partial charge in [-0.1, -0.05) is 12.1 Å². The van der Waals surface area contributed by atoms with Crippen molar-refractivity contribution in [2.24, 2.45) is 0 Å². The molecule has 9 heteroatoms. The van der Waals surface area contributed by atoms with E-state index in [0.717, 1.165) is 5.56 Å². The van der Waals surface area contributed by atoms with Crippen LogP contribution in [0.15, 0.2) is 24.3 Å². The number of rotatable bonds is 10. The van der Waals surface area contributed by atoms with E-state index in [0.29, 0.717) is 38.3 Å². The van der Waals surface area contributed by atoms with Gasteiger partial charge in [0, 0.05) is 32.5 Å². The zero-order valence-electron chi connectivity index (χ0n) is 14.5. The summed E-state index contributed by atoms with van der Waals surface area (Å²) < 4.78 is 30.1. The molecule has 1 amide bonds.